The van der Waals surface area contributed by atoms with Crippen molar-refractivity contribution in [1.29, 1.82) is 0 Å². The largest absolute Gasteiger partial charge is 0.484 e. The van der Waals surface area contributed by atoms with E-state index in [4.69, 9.17) is 9.47 Å². The Balaban J connectivity index is 1.98. The highest BCUT2D eigenvalue weighted by Crippen LogP contribution is 2.39. The first-order valence-electron chi connectivity index (χ1n) is 8.75. The van der Waals surface area contributed by atoms with Gasteiger partial charge in [0.2, 0.25) is 0 Å². The van der Waals surface area contributed by atoms with Gasteiger partial charge in [-0.2, -0.15) is 0 Å². The number of carbonyl (C=O) groups is 1. The van der Waals surface area contributed by atoms with Crippen molar-refractivity contribution in [3.63, 3.8) is 0 Å². The van der Waals surface area contributed by atoms with Crippen LogP contribution in [-0.4, -0.2) is 33.8 Å². The highest BCUT2D eigenvalue weighted by atomic mass is 16.6. The van der Waals surface area contributed by atoms with Crippen LogP contribution in [0.5, 0.6) is 11.6 Å². The molecule has 0 amide bonds. The minimum absolute atomic E-state index is 0.0664. The third kappa shape index (κ3) is 2.64. The molecule has 0 radical (unpaired) electrons. The fourth-order valence-electron chi connectivity index (χ4n) is 3.70. The van der Waals surface area contributed by atoms with Crippen LogP contribution >= 0.6 is 0 Å². The molecule has 1 N–H and O–H groups in total. The second-order valence-electron chi connectivity index (χ2n) is 7.00. The van der Waals surface area contributed by atoms with E-state index in [1.807, 2.05) is 10.6 Å². The zero-order valence-electron chi connectivity index (χ0n) is 14.7. The number of aromatic carboxylic acids is 1. The lowest BCUT2D eigenvalue weighted by Gasteiger charge is -2.25. The van der Waals surface area contributed by atoms with Gasteiger partial charge in [-0.1, -0.05) is 13.8 Å². The zero-order valence-corrected chi connectivity index (χ0v) is 14.7. The predicted octanol–water partition coefficient (Wildman–Crippen LogP) is 2.52. The lowest BCUT2D eigenvalue weighted by Crippen LogP contribution is -2.23. The van der Waals surface area contributed by atoms with Gasteiger partial charge in [-0.3, -0.25) is 4.79 Å². The van der Waals surface area contributed by atoms with Crippen molar-refractivity contribution in [3.8, 4) is 23.0 Å². The second-order valence-corrected chi connectivity index (χ2v) is 7.00. The first-order chi connectivity index (χ1) is 12.5. The van der Waals surface area contributed by atoms with Crippen molar-refractivity contribution in [1.82, 2.24) is 9.55 Å². The normalized spacial score (nSPS) is 18.0. The van der Waals surface area contributed by atoms with Crippen molar-refractivity contribution in [3.05, 3.63) is 39.7 Å². The van der Waals surface area contributed by atoms with Gasteiger partial charge in [0.15, 0.2) is 11.2 Å². The molecule has 4 rings (SSSR count). The van der Waals surface area contributed by atoms with Crippen LogP contribution in [0, 0.1) is 5.92 Å². The van der Waals surface area contributed by atoms with Crippen LogP contribution in [0.25, 0.3) is 11.4 Å². The third-order valence-electron chi connectivity index (χ3n) is 5.00. The molecule has 2 aliphatic rings. The van der Waals surface area contributed by atoms with E-state index in [0.29, 0.717) is 36.2 Å². The number of rotatable bonds is 2. The fraction of sp³-hybridized carbons (Fsp3) is 0.421. The Kier molecular flexibility index (Phi) is 3.94. The van der Waals surface area contributed by atoms with Crippen LogP contribution in [0.1, 0.15) is 42.2 Å². The molecule has 0 saturated carbocycles. The highest BCUT2D eigenvalue weighted by Gasteiger charge is 2.28. The molecule has 136 valence electrons. The SMILES string of the molecule is CC(C)[C@@H]1CCc2cc3c(nc2-c2cc(=O)c(C(=O)O)cn21)OCCO3. The van der Waals surface area contributed by atoms with Gasteiger partial charge in [0.25, 0.3) is 5.88 Å². The molecule has 0 bridgehead atoms. The summed E-state index contributed by atoms with van der Waals surface area (Å²) in [6.45, 7) is 5.10. The summed E-state index contributed by atoms with van der Waals surface area (Å²) in [5.74, 6) is 0.0927. The molecular formula is C19H20N2O5. The summed E-state index contributed by atoms with van der Waals surface area (Å²) in [5.41, 5.74) is 1.53. The van der Waals surface area contributed by atoms with E-state index in [9.17, 15) is 14.7 Å². The van der Waals surface area contributed by atoms with E-state index in [1.54, 1.807) is 0 Å². The Bertz CT molecular complexity index is 948. The summed E-state index contributed by atoms with van der Waals surface area (Å²) in [6.07, 6.45) is 3.04. The summed E-state index contributed by atoms with van der Waals surface area (Å²) in [4.78, 5) is 28.4. The van der Waals surface area contributed by atoms with Gasteiger partial charge in [-0.15, -0.1) is 0 Å². The standard InChI is InChI=1S/C19H20N2O5/c1-10(2)13-4-3-11-7-16-18(26-6-5-25-16)20-17(11)14-8-15(22)12(19(23)24)9-21(13)14/h7-10,13H,3-6H2,1-2H3,(H,23,24)/t13-/m0/s1. The van der Waals surface area contributed by atoms with Crippen LogP contribution in [0.3, 0.4) is 0 Å². The topological polar surface area (TPSA) is 90.7 Å². The Hall–Kier alpha value is -2.83. The quantitative estimate of drug-likeness (QED) is 0.889. The van der Waals surface area contributed by atoms with Crippen molar-refractivity contribution in [2.75, 3.05) is 13.2 Å². The summed E-state index contributed by atoms with van der Waals surface area (Å²) in [6, 6.07) is 3.38. The molecule has 2 aromatic rings. The predicted molar refractivity (Wildman–Crippen MR) is 94.1 cm³/mol. The van der Waals surface area contributed by atoms with E-state index in [1.165, 1.54) is 12.3 Å². The van der Waals surface area contributed by atoms with Crippen molar-refractivity contribution < 1.29 is 19.4 Å². The maximum absolute atomic E-state index is 12.3. The Labute approximate surface area is 150 Å². The molecule has 0 aromatic carbocycles. The number of pyridine rings is 2. The lowest BCUT2D eigenvalue weighted by atomic mass is 9.97. The first-order valence-corrected chi connectivity index (χ1v) is 8.75. The van der Waals surface area contributed by atoms with Crippen molar-refractivity contribution in [2.45, 2.75) is 32.7 Å². The number of hydrogen-bond acceptors (Lipinski definition) is 5. The van der Waals surface area contributed by atoms with Gasteiger partial charge in [0.05, 0.1) is 11.4 Å². The van der Waals surface area contributed by atoms with Gasteiger partial charge in [-0.25, -0.2) is 9.78 Å². The van der Waals surface area contributed by atoms with E-state index in [-0.39, 0.29) is 17.5 Å². The van der Waals surface area contributed by atoms with Crippen LogP contribution in [0.15, 0.2) is 23.1 Å². The third-order valence-corrected chi connectivity index (χ3v) is 5.00. The number of hydrogen-bond donors (Lipinski definition) is 1. The highest BCUT2D eigenvalue weighted by molar-refractivity contribution is 5.87. The first kappa shape index (κ1) is 16.6. The Morgan fingerprint density at radius 2 is 2.08 bits per heavy atom. The molecule has 0 fully saturated rings. The van der Waals surface area contributed by atoms with Crippen LogP contribution in [-0.2, 0) is 6.42 Å². The second kappa shape index (κ2) is 6.16. The average molecular weight is 356 g/mol. The van der Waals surface area contributed by atoms with Gasteiger partial charge >= 0.3 is 5.97 Å². The van der Waals surface area contributed by atoms with E-state index in [0.717, 1.165) is 18.4 Å². The van der Waals surface area contributed by atoms with Gasteiger partial charge in [-0.05, 0) is 30.4 Å². The zero-order chi connectivity index (χ0) is 18.4. The molecule has 2 aliphatic heterocycles. The molecule has 4 heterocycles. The summed E-state index contributed by atoms with van der Waals surface area (Å²) >= 11 is 0. The molecule has 0 saturated heterocycles. The summed E-state index contributed by atoms with van der Waals surface area (Å²) in [5, 5.41) is 9.35. The molecular weight excluding hydrogens is 336 g/mol. The summed E-state index contributed by atoms with van der Waals surface area (Å²) in [7, 11) is 0. The molecule has 2 aromatic heterocycles. The molecule has 26 heavy (non-hydrogen) atoms. The van der Waals surface area contributed by atoms with Gasteiger partial charge < -0.3 is 19.1 Å². The van der Waals surface area contributed by atoms with Crippen molar-refractivity contribution >= 4 is 5.97 Å². The van der Waals surface area contributed by atoms with Crippen molar-refractivity contribution in [2.24, 2.45) is 5.92 Å². The number of carboxylic acids is 1. The minimum atomic E-state index is -1.22. The van der Waals surface area contributed by atoms with E-state index >= 15 is 0 Å². The number of aryl methyl sites for hydroxylation is 1. The summed E-state index contributed by atoms with van der Waals surface area (Å²) < 4.78 is 13.1. The van der Waals surface area contributed by atoms with E-state index < -0.39 is 11.4 Å². The van der Waals surface area contributed by atoms with Crippen LogP contribution in [0.2, 0.25) is 0 Å². The van der Waals surface area contributed by atoms with Gasteiger partial charge in [0.1, 0.15) is 18.8 Å². The Morgan fingerprint density at radius 3 is 2.81 bits per heavy atom. The number of aromatic nitrogens is 2. The van der Waals surface area contributed by atoms with Gasteiger partial charge in [0, 0.05) is 18.3 Å². The minimum Gasteiger partial charge on any atom is -0.484 e. The Morgan fingerprint density at radius 1 is 1.31 bits per heavy atom. The number of fused-ring (bicyclic) bond motifs is 4. The molecule has 7 nitrogen and oxygen atoms in total. The molecule has 7 heteroatoms. The van der Waals surface area contributed by atoms with E-state index in [2.05, 4.69) is 18.8 Å². The number of ether oxygens (including phenoxy) is 2. The molecule has 0 spiro atoms. The maximum atomic E-state index is 12.3. The molecule has 1 atom stereocenters. The maximum Gasteiger partial charge on any atom is 0.341 e. The average Bonchev–Trinajstić information content (AvgIpc) is 2.75. The monoisotopic (exact) mass is 356 g/mol. The van der Waals surface area contributed by atoms with Crippen LogP contribution in [0.4, 0.5) is 0 Å². The molecule has 0 aliphatic carbocycles. The molecule has 0 unspecified atom stereocenters. The smallest absolute Gasteiger partial charge is 0.341 e. The van der Waals surface area contributed by atoms with Crippen LogP contribution < -0.4 is 14.9 Å². The number of nitrogens with zero attached hydrogens (tertiary/aromatic N) is 2. The lowest BCUT2D eigenvalue weighted by molar-refractivity contribution is 0.0694. The fourth-order valence-corrected chi connectivity index (χ4v) is 3.70. The number of carboxylic acid groups (broad SMARTS) is 1.